The highest BCUT2D eigenvalue weighted by molar-refractivity contribution is 5.76. The largest absolute Gasteiger partial charge is 0.481 e. The number of furan rings is 1. The Morgan fingerprint density at radius 2 is 2.32 bits per heavy atom. The third-order valence-electron chi connectivity index (χ3n) is 3.79. The molecule has 2 heterocycles. The van der Waals surface area contributed by atoms with Crippen LogP contribution in [0.15, 0.2) is 16.5 Å². The Labute approximate surface area is 129 Å². The topological polar surface area (TPSA) is 92.0 Å². The van der Waals surface area contributed by atoms with E-state index in [1.165, 1.54) is 0 Å². The monoisotopic (exact) mass is 310 g/mol. The van der Waals surface area contributed by atoms with Gasteiger partial charge in [-0.1, -0.05) is 0 Å². The molecule has 0 bridgehead atoms. The predicted octanol–water partition coefficient (Wildman–Crippen LogP) is 1.78. The number of piperidine rings is 1. The Balaban J connectivity index is 2.00. The van der Waals surface area contributed by atoms with Crippen LogP contribution in [-0.4, -0.2) is 48.8 Å². The van der Waals surface area contributed by atoms with Crippen molar-refractivity contribution in [3.05, 3.63) is 23.7 Å². The van der Waals surface area contributed by atoms with E-state index in [0.717, 1.165) is 5.76 Å². The number of hydrogen-bond acceptors (Lipinski definition) is 4. The molecule has 1 aromatic rings. The number of nitrogens with zero attached hydrogens (tertiary/aromatic N) is 1. The van der Waals surface area contributed by atoms with Gasteiger partial charge in [-0.2, -0.15) is 0 Å². The van der Waals surface area contributed by atoms with Crippen LogP contribution in [-0.2, 0) is 9.53 Å². The zero-order valence-electron chi connectivity index (χ0n) is 12.9. The molecule has 1 aliphatic rings. The van der Waals surface area contributed by atoms with Gasteiger partial charge in [0, 0.05) is 20.2 Å². The van der Waals surface area contributed by atoms with Crippen LogP contribution in [0, 0.1) is 12.8 Å². The highest BCUT2D eigenvalue weighted by Crippen LogP contribution is 2.20. The van der Waals surface area contributed by atoms with E-state index >= 15 is 0 Å². The summed E-state index contributed by atoms with van der Waals surface area (Å²) in [7, 11) is 1.55. The Kier molecular flexibility index (Phi) is 5.43. The van der Waals surface area contributed by atoms with Gasteiger partial charge in [0.1, 0.15) is 17.6 Å². The number of ether oxygens (including phenoxy) is 1. The summed E-state index contributed by atoms with van der Waals surface area (Å²) < 4.78 is 10.7. The second kappa shape index (κ2) is 7.31. The first-order valence-electron chi connectivity index (χ1n) is 7.34. The molecule has 1 fully saturated rings. The summed E-state index contributed by atoms with van der Waals surface area (Å²) in [5, 5.41) is 11.9. The molecule has 7 heteroatoms. The lowest BCUT2D eigenvalue weighted by Crippen LogP contribution is -2.48. The molecular weight excluding hydrogens is 288 g/mol. The number of hydrogen-bond donors (Lipinski definition) is 2. The SMILES string of the molecule is COCC(NC(=O)N1CCCC(C(=O)O)C1)c1ccc(C)o1. The van der Waals surface area contributed by atoms with Crippen LogP contribution < -0.4 is 5.32 Å². The van der Waals surface area contributed by atoms with Crippen molar-refractivity contribution in [3.8, 4) is 0 Å². The van der Waals surface area contributed by atoms with Crippen molar-refractivity contribution in [1.82, 2.24) is 10.2 Å². The molecule has 0 spiro atoms. The molecule has 22 heavy (non-hydrogen) atoms. The van der Waals surface area contributed by atoms with Crippen LogP contribution in [0.3, 0.4) is 0 Å². The van der Waals surface area contributed by atoms with Gasteiger partial charge < -0.3 is 24.5 Å². The van der Waals surface area contributed by atoms with Crippen molar-refractivity contribution in [2.24, 2.45) is 5.92 Å². The molecule has 0 aliphatic carbocycles. The number of likely N-dealkylation sites (tertiary alicyclic amines) is 1. The van der Waals surface area contributed by atoms with Crippen LogP contribution >= 0.6 is 0 Å². The Hall–Kier alpha value is -2.02. The fraction of sp³-hybridized carbons (Fsp3) is 0.600. The van der Waals surface area contributed by atoms with Gasteiger partial charge in [0.2, 0.25) is 0 Å². The molecular formula is C15H22N2O5. The molecule has 2 amide bonds. The minimum absolute atomic E-state index is 0.234. The standard InChI is InChI=1S/C15H22N2O5/c1-10-5-6-13(22-10)12(9-21-2)16-15(20)17-7-3-4-11(8-17)14(18)19/h5-6,11-12H,3-4,7-9H2,1-2H3,(H,16,20)(H,18,19). The number of carbonyl (C=O) groups excluding carboxylic acids is 1. The highest BCUT2D eigenvalue weighted by Gasteiger charge is 2.29. The van der Waals surface area contributed by atoms with Crippen molar-refractivity contribution in [3.63, 3.8) is 0 Å². The minimum Gasteiger partial charge on any atom is -0.481 e. The van der Waals surface area contributed by atoms with Crippen LogP contribution in [0.25, 0.3) is 0 Å². The van der Waals surface area contributed by atoms with Gasteiger partial charge >= 0.3 is 12.0 Å². The van der Waals surface area contributed by atoms with Gasteiger partial charge in [0.25, 0.3) is 0 Å². The number of urea groups is 1. The zero-order chi connectivity index (χ0) is 16.1. The smallest absolute Gasteiger partial charge is 0.318 e. The van der Waals surface area contributed by atoms with E-state index in [2.05, 4.69) is 5.32 Å². The van der Waals surface area contributed by atoms with Crippen LogP contribution in [0.5, 0.6) is 0 Å². The van der Waals surface area contributed by atoms with E-state index in [4.69, 9.17) is 14.3 Å². The Bertz CT molecular complexity index is 528. The first-order valence-corrected chi connectivity index (χ1v) is 7.34. The maximum absolute atomic E-state index is 12.4. The lowest BCUT2D eigenvalue weighted by Gasteiger charge is -2.31. The average molecular weight is 310 g/mol. The van der Waals surface area contributed by atoms with E-state index in [1.54, 1.807) is 18.1 Å². The number of nitrogens with one attached hydrogen (secondary N) is 1. The summed E-state index contributed by atoms with van der Waals surface area (Å²) in [4.78, 5) is 25.0. The molecule has 0 saturated carbocycles. The van der Waals surface area contributed by atoms with Gasteiger partial charge in [-0.15, -0.1) is 0 Å². The molecule has 1 saturated heterocycles. The summed E-state index contributed by atoms with van der Waals surface area (Å²) in [5.74, 6) is 0.0348. The quantitative estimate of drug-likeness (QED) is 0.865. The van der Waals surface area contributed by atoms with Crippen molar-refractivity contribution in [2.45, 2.75) is 25.8 Å². The fourth-order valence-electron chi connectivity index (χ4n) is 2.61. The number of carboxylic acids is 1. The summed E-state index contributed by atoms with van der Waals surface area (Å²) in [6, 6.07) is 2.94. The summed E-state index contributed by atoms with van der Waals surface area (Å²) in [6.45, 7) is 2.91. The number of carboxylic acid groups (broad SMARTS) is 1. The summed E-state index contributed by atoms with van der Waals surface area (Å²) >= 11 is 0. The van der Waals surface area contributed by atoms with Gasteiger partial charge in [-0.3, -0.25) is 4.79 Å². The highest BCUT2D eigenvalue weighted by atomic mass is 16.5. The minimum atomic E-state index is -0.854. The second-order valence-electron chi connectivity index (χ2n) is 5.53. The molecule has 2 rings (SSSR count). The van der Waals surface area contributed by atoms with Crippen molar-refractivity contribution >= 4 is 12.0 Å². The molecule has 2 unspecified atom stereocenters. The number of aryl methyl sites for hydroxylation is 1. The first-order chi connectivity index (χ1) is 10.5. The lowest BCUT2D eigenvalue weighted by atomic mass is 9.99. The molecule has 2 N–H and O–H groups in total. The lowest BCUT2D eigenvalue weighted by molar-refractivity contribution is -0.143. The number of aliphatic carboxylic acids is 1. The van der Waals surface area contributed by atoms with Gasteiger partial charge in [-0.25, -0.2) is 4.79 Å². The van der Waals surface area contributed by atoms with E-state index in [0.29, 0.717) is 25.1 Å². The third kappa shape index (κ3) is 4.00. The number of methoxy groups -OCH3 is 1. The molecule has 1 aliphatic heterocycles. The van der Waals surface area contributed by atoms with Crippen molar-refractivity contribution in [1.29, 1.82) is 0 Å². The van der Waals surface area contributed by atoms with E-state index in [9.17, 15) is 9.59 Å². The normalized spacial score (nSPS) is 19.7. The second-order valence-corrected chi connectivity index (χ2v) is 5.53. The molecule has 2 atom stereocenters. The predicted molar refractivity (Wildman–Crippen MR) is 78.5 cm³/mol. The molecule has 122 valence electrons. The summed E-state index contributed by atoms with van der Waals surface area (Å²) in [5.41, 5.74) is 0. The van der Waals surface area contributed by atoms with Crippen LogP contribution in [0.4, 0.5) is 4.79 Å². The number of rotatable bonds is 5. The number of carbonyl (C=O) groups is 2. The average Bonchev–Trinajstić information content (AvgIpc) is 2.93. The van der Waals surface area contributed by atoms with Gasteiger partial charge in [0.15, 0.2) is 0 Å². The summed E-state index contributed by atoms with van der Waals surface area (Å²) in [6.07, 6.45) is 1.30. The molecule has 0 aromatic carbocycles. The third-order valence-corrected chi connectivity index (χ3v) is 3.79. The van der Waals surface area contributed by atoms with Gasteiger partial charge in [0.05, 0.1) is 12.5 Å². The van der Waals surface area contributed by atoms with E-state index < -0.39 is 17.9 Å². The molecule has 1 aromatic heterocycles. The van der Waals surface area contributed by atoms with E-state index in [1.807, 2.05) is 13.0 Å². The number of amides is 2. The molecule has 7 nitrogen and oxygen atoms in total. The van der Waals surface area contributed by atoms with Gasteiger partial charge in [-0.05, 0) is 31.9 Å². The van der Waals surface area contributed by atoms with Crippen molar-refractivity contribution in [2.75, 3.05) is 26.8 Å². The van der Waals surface area contributed by atoms with Crippen LogP contribution in [0.2, 0.25) is 0 Å². The maximum Gasteiger partial charge on any atom is 0.318 e. The molecule has 0 radical (unpaired) electrons. The Morgan fingerprint density at radius 3 is 2.91 bits per heavy atom. The van der Waals surface area contributed by atoms with Crippen molar-refractivity contribution < 1.29 is 23.8 Å². The fourth-order valence-corrected chi connectivity index (χ4v) is 2.61. The zero-order valence-corrected chi connectivity index (χ0v) is 12.9. The first kappa shape index (κ1) is 16.4. The van der Waals surface area contributed by atoms with E-state index in [-0.39, 0.29) is 19.2 Å². The maximum atomic E-state index is 12.4. The van der Waals surface area contributed by atoms with Crippen LogP contribution in [0.1, 0.15) is 30.4 Å². The Morgan fingerprint density at radius 1 is 1.55 bits per heavy atom.